The van der Waals surface area contributed by atoms with Crippen LogP contribution in [0, 0.1) is 5.82 Å². The van der Waals surface area contributed by atoms with Crippen LogP contribution in [0.5, 0.6) is 0 Å². The number of carbonyl (C=O) groups is 2. The first-order valence-electron chi connectivity index (χ1n) is 9.83. The minimum absolute atomic E-state index is 0.157. The van der Waals surface area contributed by atoms with Gasteiger partial charge in [-0.15, -0.1) is 11.8 Å². The molecule has 0 unspecified atom stereocenters. The average molecular weight is 451 g/mol. The van der Waals surface area contributed by atoms with E-state index in [-0.39, 0.29) is 29.9 Å². The lowest BCUT2D eigenvalue weighted by molar-refractivity contribution is -0.140. The fourth-order valence-electron chi connectivity index (χ4n) is 2.92. The van der Waals surface area contributed by atoms with E-state index in [1.165, 1.54) is 23.9 Å². The Labute approximate surface area is 187 Å². The number of carbonyl (C=O) groups excluding carboxylic acids is 2. The van der Waals surface area contributed by atoms with Gasteiger partial charge in [-0.3, -0.25) is 9.59 Å². The van der Waals surface area contributed by atoms with Crippen molar-refractivity contribution in [3.63, 3.8) is 0 Å². The third-order valence-electron chi connectivity index (χ3n) is 4.33. The summed E-state index contributed by atoms with van der Waals surface area (Å²) in [6, 6.07) is 12.6. The average Bonchev–Trinajstić information content (AvgIpc) is 2.67. The Morgan fingerprint density at radius 1 is 1.10 bits per heavy atom. The molecule has 30 heavy (non-hydrogen) atoms. The Kier molecular flexibility index (Phi) is 8.74. The van der Waals surface area contributed by atoms with Crippen molar-refractivity contribution >= 4 is 35.2 Å². The highest BCUT2D eigenvalue weighted by molar-refractivity contribution is 8.00. The monoisotopic (exact) mass is 450 g/mol. The van der Waals surface area contributed by atoms with E-state index in [9.17, 15) is 14.0 Å². The smallest absolute Gasteiger partial charge is 0.243 e. The van der Waals surface area contributed by atoms with Crippen molar-refractivity contribution in [3.05, 3.63) is 64.9 Å². The summed E-state index contributed by atoms with van der Waals surface area (Å²) in [5, 5.41) is 3.60. The van der Waals surface area contributed by atoms with Crippen molar-refractivity contribution in [2.24, 2.45) is 0 Å². The van der Waals surface area contributed by atoms with Crippen LogP contribution < -0.4 is 5.32 Å². The molecule has 0 bridgehead atoms. The fourth-order valence-corrected chi connectivity index (χ4v) is 3.83. The number of halogens is 2. The predicted octanol–water partition coefficient (Wildman–Crippen LogP) is 5.29. The summed E-state index contributed by atoms with van der Waals surface area (Å²) < 4.78 is 13.3. The molecule has 0 aliphatic rings. The quantitative estimate of drug-likeness (QED) is 0.555. The molecule has 0 aliphatic carbocycles. The van der Waals surface area contributed by atoms with Crippen LogP contribution in [0.15, 0.2) is 53.4 Å². The third kappa shape index (κ3) is 7.65. The van der Waals surface area contributed by atoms with E-state index in [4.69, 9.17) is 11.6 Å². The van der Waals surface area contributed by atoms with E-state index in [2.05, 4.69) is 5.32 Å². The molecule has 0 aromatic heterocycles. The molecule has 2 rings (SSSR count). The summed E-state index contributed by atoms with van der Waals surface area (Å²) >= 11 is 7.31. The lowest BCUT2D eigenvalue weighted by Crippen LogP contribution is -2.53. The second kappa shape index (κ2) is 10.8. The van der Waals surface area contributed by atoms with Crippen LogP contribution >= 0.6 is 23.4 Å². The van der Waals surface area contributed by atoms with E-state index >= 15 is 0 Å². The summed E-state index contributed by atoms with van der Waals surface area (Å²) in [6.45, 7) is 7.82. The van der Waals surface area contributed by atoms with Gasteiger partial charge in [-0.05, 0) is 69.2 Å². The second-order valence-electron chi connectivity index (χ2n) is 8.05. The minimum atomic E-state index is -0.618. The summed E-state index contributed by atoms with van der Waals surface area (Å²) in [4.78, 5) is 28.6. The number of hydrogen-bond donors (Lipinski definition) is 1. The molecule has 4 nitrogen and oxygen atoms in total. The van der Waals surface area contributed by atoms with Gasteiger partial charge in [0, 0.05) is 22.0 Å². The van der Waals surface area contributed by atoms with Crippen LogP contribution in [0.3, 0.4) is 0 Å². The van der Waals surface area contributed by atoms with E-state index in [0.29, 0.717) is 11.4 Å². The SMILES string of the molecule is CC[C@H](C(=O)NC(C)(C)C)N(Cc1ccc(F)cc1)C(=O)CSc1ccc(Cl)cc1. The van der Waals surface area contributed by atoms with Crippen molar-refractivity contribution in [1.82, 2.24) is 10.2 Å². The van der Waals surface area contributed by atoms with Gasteiger partial charge in [0.2, 0.25) is 11.8 Å². The molecule has 7 heteroatoms. The van der Waals surface area contributed by atoms with Gasteiger partial charge in [0.25, 0.3) is 0 Å². The standard InChI is InChI=1S/C23H28ClFN2O2S/c1-5-20(22(29)26-23(2,3)4)27(14-16-6-10-18(25)11-7-16)21(28)15-30-19-12-8-17(24)9-13-19/h6-13,20H,5,14-15H2,1-4H3,(H,26,29)/t20-/m1/s1. The lowest BCUT2D eigenvalue weighted by atomic mass is 10.1. The summed E-state index contributed by atoms with van der Waals surface area (Å²) in [5.41, 5.74) is 0.357. The zero-order valence-corrected chi connectivity index (χ0v) is 19.3. The molecule has 0 heterocycles. The van der Waals surface area contributed by atoms with Gasteiger partial charge in [0.05, 0.1) is 5.75 Å². The van der Waals surface area contributed by atoms with Crippen LogP contribution in [0.1, 0.15) is 39.7 Å². The van der Waals surface area contributed by atoms with Gasteiger partial charge in [-0.2, -0.15) is 0 Å². The van der Waals surface area contributed by atoms with Gasteiger partial charge in [0.15, 0.2) is 0 Å². The maximum Gasteiger partial charge on any atom is 0.243 e. The molecule has 1 N–H and O–H groups in total. The van der Waals surface area contributed by atoms with Crippen LogP contribution in [0.4, 0.5) is 4.39 Å². The maximum atomic E-state index is 13.3. The maximum absolute atomic E-state index is 13.3. The number of benzene rings is 2. The first-order valence-corrected chi connectivity index (χ1v) is 11.2. The zero-order chi connectivity index (χ0) is 22.3. The van der Waals surface area contributed by atoms with Gasteiger partial charge in [0.1, 0.15) is 11.9 Å². The molecule has 0 spiro atoms. The molecule has 2 aromatic rings. The number of nitrogens with one attached hydrogen (secondary N) is 1. The highest BCUT2D eigenvalue weighted by Crippen LogP contribution is 2.22. The van der Waals surface area contributed by atoms with Gasteiger partial charge in [-0.1, -0.05) is 30.7 Å². The Balaban J connectivity index is 2.21. The molecule has 1 atom stereocenters. The summed E-state index contributed by atoms with van der Waals surface area (Å²) in [6.07, 6.45) is 0.473. The highest BCUT2D eigenvalue weighted by Gasteiger charge is 2.30. The Morgan fingerprint density at radius 3 is 2.23 bits per heavy atom. The Bertz CT molecular complexity index is 851. The molecule has 0 aliphatic heterocycles. The number of thioether (sulfide) groups is 1. The molecular formula is C23H28ClFN2O2S. The van der Waals surface area contributed by atoms with Crippen LogP contribution in [-0.2, 0) is 16.1 Å². The van der Waals surface area contributed by atoms with Crippen molar-refractivity contribution in [3.8, 4) is 0 Å². The molecule has 162 valence electrons. The molecule has 0 saturated carbocycles. The first kappa shape index (κ1) is 24.2. The molecule has 0 radical (unpaired) electrons. The van der Waals surface area contributed by atoms with Gasteiger partial charge in [-0.25, -0.2) is 4.39 Å². The topological polar surface area (TPSA) is 49.4 Å². The number of rotatable bonds is 8. The van der Waals surface area contributed by atoms with E-state index in [0.717, 1.165) is 10.5 Å². The van der Waals surface area contributed by atoms with Crippen LogP contribution in [-0.4, -0.2) is 34.0 Å². The normalized spacial score (nSPS) is 12.3. The summed E-state index contributed by atoms with van der Waals surface area (Å²) in [7, 11) is 0. The van der Waals surface area contributed by atoms with Crippen molar-refractivity contribution in [1.29, 1.82) is 0 Å². The molecule has 0 fully saturated rings. The predicted molar refractivity (Wildman–Crippen MR) is 121 cm³/mol. The summed E-state index contributed by atoms with van der Waals surface area (Å²) in [5.74, 6) is -0.512. The zero-order valence-electron chi connectivity index (χ0n) is 17.7. The van der Waals surface area contributed by atoms with Crippen LogP contribution in [0.25, 0.3) is 0 Å². The van der Waals surface area contributed by atoms with Crippen molar-refractivity contribution in [2.45, 2.75) is 57.1 Å². The largest absolute Gasteiger partial charge is 0.350 e. The number of hydrogen-bond acceptors (Lipinski definition) is 3. The number of amides is 2. The van der Waals surface area contributed by atoms with Crippen LogP contribution in [0.2, 0.25) is 5.02 Å². The highest BCUT2D eigenvalue weighted by atomic mass is 35.5. The van der Waals surface area contributed by atoms with E-state index < -0.39 is 11.6 Å². The van der Waals surface area contributed by atoms with Crippen molar-refractivity contribution in [2.75, 3.05) is 5.75 Å². The first-order chi connectivity index (χ1) is 14.1. The Morgan fingerprint density at radius 2 is 1.70 bits per heavy atom. The van der Waals surface area contributed by atoms with Gasteiger partial charge >= 0.3 is 0 Å². The number of nitrogens with zero attached hydrogens (tertiary/aromatic N) is 1. The third-order valence-corrected chi connectivity index (χ3v) is 5.58. The lowest BCUT2D eigenvalue weighted by Gasteiger charge is -2.33. The van der Waals surface area contributed by atoms with Gasteiger partial charge < -0.3 is 10.2 Å². The fraction of sp³-hybridized carbons (Fsp3) is 0.391. The van der Waals surface area contributed by atoms with Crippen molar-refractivity contribution < 1.29 is 14.0 Å². The molecule has 2 amide bonds. The van der Waals surface area contributed by atoms with E-state index in [1.54, 1.807) is 29.2 Å². The van der Waals surface area contributed by atoms with E-state index in [1.807, 2.05) is 39.8 Å². The molecule has 0 saturated heterocycles. The minimum Gasteiger partial charge on any atom is -0.350 e. The molecule has 2 aromatic carbocycles. The second-order valence-corrected chi connectivity index (χ2v) is 9.54. The Hall–Kier alpha value is -2.05. The molecular weight excluding hydrogens is 423 g/mol.